The van der Waals surface area contributed by atoms with E-state index in [1.165, 1.54) is 18.2 Å². The molecule has 1 aromatic heterocycles. The molecule has 6 N–H and O–H groups in total. The SMILES string of the molecule is COc1c(O)c(O)cc(C2CC(O)C3CCC(c4ccc(O)c(C5C=CCC6CC7NCC=CC7=CC65)c4)CC3O2)c1Cc1cc[nH]c1. The summed E-state index contributed by atoms with van der Waals surface area (Å²) < 4.78 is 12.4. The number of aliphatic hydroxyl groups excluding tert-OH is 1. The minimum absolute atomic E-state index is 0.0239. The minimum Gasteiger partial charge on any atom is -0.508 e. The third kappa shape index (κ3) is 5.63. The van der Waals surface area contributed by atoms with Crippen LogP contribution in [0.15, 0.2) is 78.7 Å². The molecule has 1 saturated carbocycles. The van der Waals surface area contributed by atoms with Crippen molar-refractivity contribution in [2.24, 2.45) is 17.8 Å². The standard InChI is InChI=1S/C40H46N2O6/c1-47-40-32(14-22-11-13-41-21-22)31(19-36(45)39(40)46)38-20-35(44)28-9-7-24(18-37(28)48-38)23-8-10-34(43)30(15-23)27-6-2-4-25-17-33-26(16-29(25)27)5-3-12-42-33/h2-3,5-6,8,10-11,13,15-16,19,21,24-25,27-29,33,35,37-38,41-46H,4,7,9,12,14,17-18,20H2,1H3. The zero-order valence-corrected chi connectivity index (χ0v) is 27.4. The van der Waals surface area contributed by atoms with Crippen molar-refractivity contribution < 1.29 is 29.9 Å². The van der Waals surface area contributed by atoms with Crippen molar-refractivity contribution in [1.29, 1.82) is 0 Å². The minimum atomic E-state index is -0.553. The summed E-state index contributed by atoms with van der Waals surface area (Å²) in [4.78, 5) is 3.08. The Labute approximate surface area is 281 Å². The number of H-pyrrole nitrogens is 1. The molecule has 9 unspecified atom stereocenters. The summed E-state index contributed by atoms with van der Waals surface area (Å²) in [6.07, 6.45) is 19.7. The molecular weight excluding hydrogens is 604 g/mol. The van der Waals surface area contributed by atoms with Crippen LogP contribution < -0.4 is 10.1 Å². The number of fused-ring (bicyclic) bond motifs is 3. The first kappa shape index (κ1) is 31.3. The smallest absolute Gasteiger partial charge is 0.200 e. The van der Waals surface area contributed by atoms with Gasteiger partial charge in [0.15, 0.2) is 11.5 Å². The van der Waals surface area contributed by atoms with E-state index in [4.69, 9.17) is 9.47 Å². The maximum atomic E-state index is 11.5. The van der Waals surface area contributed by atoms with Gasteiger partial charge in [0.05, 0.1) is 25.4 Å². The van der Waals surface area contributed by atoms with Gasteiger partial charge in [-0.15, -0.1) is 0 Å². The van der Waals surface area contributed by atoms with E-state index in [9.17, 15) is 20.4 Å². The molecule has 3 aliphatic carbocycles. The Morgan fingerprint density at radius 1 is 0.979 bits per heavy atom. The van der Waals surface area contributed by atoms with Gasteiger partial charge in [-0.05, 0) is 90.3 Å². The van der Waals surface area contributed by atoms with E-state index in [0.29, 0.717) is 36.5 Å². The van der Waals surface area contributed by atoms with Gasteiger partial charge in [-0.25, -0.2) is 0 Å². The number of aromatic hydroxyl groups is 3. The molecular formula is C40H46N2O6. The number of ether oxygens (including phenoxy) is 2. The Balaban J connectivity index is 1.06. The van der Waals surface area contributed by atoms with Crippen LogP contribution in [0.25, 0.3) is 0 Å². The molecule has 2 aliphatic heterocycles. The van der Waals surface area contributed by atoms with Gasteiger partial charge in [0, 0.05) is 60.8 Å². The number of hydrogen-bond acceptors (Lipinski definition) is 7. The maximum Gasteiger partial charge on any atom is 0.200 e. The number of aromatic nitrogens is 1. The first-order valence-corrected chi connectivity index (χ1v) is 17.6. The van der Waals surface area contributed by atoms with Crippen LogP contribution in [0.3, 0.4) is 0 Å². The molecule has 48 heavy (non-hydrogen) atoms. The fourth-order valence-electron chi connectivity index (χ4n) is 9.40. The Morgan fingerprint density at radius 2 is 1.88 bits per heavy atom. The third-order valence-electron chi connectivity index (χ3n) is 11.8. The summed E-state index contributed by atoms with van der Waals surface area (Å²) in [5.74, 6) is 1.27. The number of allylic oxidation sites excluding steroid dienone is 3. The number of phenolic OH excluding ortho intramolecular Hbond substituents is 3. The van der Waals surface area contributed by atoms with E-state index in [2.05, 4.69) is 52.8 Å². The summed E-state index contributed by atoms with van der Waals surface area (Å²) in [5.41, 5.74) is 6.03. The number of aliphatic hydroxyl groups is 1. The first-order valence-electron chi connectivity index (χ1n) is 17.6. The monoisotopic (exact) mass is 650 g/mol. The molecule has 0 spiro atoms. The molecule has 1 saturated heterocycles. The number of phenols is 3. The van der Waals surface area contributed by atoms with Gasteiger partial charge in [0.2, 0.25) is 5.75 Å². The Morgan fingerprint density at radius 3 is 2.71 bits per heavy atom. The fraction of sp³-hybridized carbons (Fsp3) is 0.450. The van der Waals surface area contributed by atoms with Crippen LogP contribution in [0.1, 0.15) is 84.3 Å². The number of aromatic amines is 1. The van der Waals surface area contributed by atoms with Crippen LogP contribution >= 0.6 is 0 Å². The van der Waals surface area contributed by atoms with Gasteiger partial charge in [0.1, 0.15) is 5.75 Å². The van der Waals surface area contributed by atoms with E-state index in [-0.39, 0.29) is 41.1 Å². The molecule has 9 atom stereocenters. The summed E-state index contributed by atoms with van der Waals surface area (Å²) in [6, 6.07) is 10.1. The van der Waals surface area contributed by atoms with Crippen molar-refractivity contribution in [3.05, 3.63) is 106 Å². The average molecular weight is 651 g/mol. The summed E-state index contributed by atoms with van der Waals surface area (Å²) in [6.45, 7) is 0.923. The van der Waals surface area contributed by atoms with Crippen LogP contribution in [0.5, 0.6) is 23.0 Å². The summed E-state index contributed by atoms with van der Waals surface area (Å²) in [7, 11) is 1.48. The Kier molecular flexibility index (Phi) is 8.35. The second kappa shape index (κ2) is 12.8. The van der Waals surface area contributed by atoms with Gasteiger partial charge >= 0.3 is 0 Å². The lowest BCUT2D eigenvalue weighted by Gasteiger charge is -2.45. The summed E-state index contributed by atoms with van der Waals surface area (Å²) >= 11 is 0. The highest BCUT2D eigenvalue weighted by Crippen LogP contribution is 2.51. The van der Waals surface area contributed by atoms with Crippen molar-refractivity contribution in [2.75, 3.05) is 13.7 Å². The molecule has 0 amide bonds. The number of nitrogens with one attached hydrogen (secondary N) is 2. The van der Waals surface area contributed by atoms with E-state index in [1.54, 1.807) is 6.07 Å². The number of hydrogen-bond donors (Lipinski definition) is 6. The molecule has 3 aromatic rings. The number of benzene rings is 2. The highest BCUT2D eigenvalue weighted by atomic mass is 16.5. The molecule has 0 radical (unpaired) electrons. The second-order valence-corrected chi connectivity index (χ2v) is 14.5. The molecule has 3 heterocycles. The zero-order valence-electron chi connectivity index (χ0n) is 27.4. The van der Waals surface area contributed by atoms with Crippen molar-refractivity contribution in [1.82, 2.24) is 10.3 Å². The average Bonchev–Trinajstić information content (AvgIpc) is 3.62. The maximum absolute atomic E-state index is 11.5. The lowest BCUT2D eigenvalue weighted by atomic mass is 9.65. The molecule has 8 heteroatoms. The second-order valence-electron chi connectivity index (χ2n) is 14.5. The fourth-order valence-corrected chi connectivity index (χ4v) is 9.40. The zero-order chi connectivity index (χ0) is 32.9. The van der Waals surface area contributed by atoms with Crippen molar-refractivity contribution in [3.8, 4) is 23.0 Å². The van der Waals surface area contributed by atoms with Gasteiger partial charge in [0.25, 0.3) is 0 Å². The largest absolute Gasteiger partial charge is 0.508 e. The van der Waals surface area contributed by atoms with Crippen molar-refractivity contribution in [3.63, 3.8) is 0 Å². The summed E-state index contributed by atoms with van der Waals surface area (Å²) in [5, 5.41) is 47.7. The lowest BCUT2D eigenvalue weighted by molar-refractivity contribution is -0.154. The molecule has 2 fully saturated rings. The molecule has 8 nitrogen and oxygen atoms in total. The van der Waals surface area contributed by atoms with E-state index in [1.807, 2.05) is 24.5 Å². The Hall–Kier alpha value is -3.98. The molecule has 0 bridgehead atoms. The number of rotatable bonds is 6. The highest BCUT2D eigenvalue weighted by Gasteiger charge is 2.44. The van der Waals surface area contributed by atoms with E-state index in [0.717, 1.165) is 60.9 Å². The van der Waals surface area contributed by atoms with Crippen LogP contribution in [0.4, 0.5) is 0 Å². The molecule has 252 valence electrons. The normalized spacial score (nSPS) is 32.5. The van der Waals surface area contributed by atoms with E-state index < -0.39 is 12.2 Å². The van der Waals surface area contributed by atoms with Crippen LogP contribution in [-0.4, -0.2) is 57.3 Å². The van der Waals surface area contributed by atoms with Crippen LogP contribution in [-0.2, 0) is 11.2 Å². The van der Waals surface area contributed by atoms with Crippen molar-refractivity contribution >= 4 is 0 Å². The van der Waals surface area contributed by atoms with Gasteiger partial charge in [-0.3, -0.25) is 0 Å². The topological polar surface area (TPSA) is 127 Å². The number of methoxy groups -OCH3 is 1. The molecule has 2 aromatic carbocycles. The predicted octanol–water partition coefficient (Wildman–Crippen LogP) is 6.64. The van der Waals surface area contributed by atoms with Gasteiger partial charge < -0.3 is 40.2 Å². The van der Waals surface area contributed by atoms with Crippen LogP contribution in [0, 0.1) is 17.8 Å². The first-order chi connectivity index (χ1) is 23.4. The van der Waals surface area contributed by atoms with Gasteiger partial charge in [-0.2, -0.15) is 0 Å². The third-order valence-corrected chi connectivity index (χ3v) is 11.8. The molecule has 5 aliphatic rings. The Bertz CT molecular complexity index is 1740. The molecule has 8 rings (SSSR count). The predicted molar refractivity (Wildman–Crippen MR) is 183 cm³/mol. The van der Waals surface area contributed by atoms with E-state index >= 15 is 0 Å². The lowest BCUT2D eigenvalue weighted by Crippen LogP contribution is -2.44. The van der Waals surface area contributed by atoms with Crippen molar-refractivity contribution in [2.45, 2.75) is 81.1 Å². The van der Waals surface area contributed by atoms with Crippen LogP contribution in [0.2, 0.25) is 0 Å². The van der Waals surface area contributed by atoms with Gasteiger partial charge in [-0.1, -0.05) is 42.5 Å². The quantitative estimate of drug-likeness (QED) is 0.130. The highest BCUT2D eigenvalue weighted by molar-refractivity contribution is 5.59.